The Labute approximate surface area is 206 Å². The third kappa shape index (κ3) is 5.00. The predicted molar refractivity (Wildman–Crippen MR) is 136 cm³/mol. The Morgan fingerprint density at radius 2 is 2.03 bits per heavy atom. The third-order valence-corrected chi connectivity index (χ3v) is 7.75. The SMILES string of the molecule is Cc1nc(C(=O)N2CCCC(C)(C)C2CNc2ccc(Br)cn2)c(-c2ccc(Cl)cc2)s1. The zero-order valence-corrected chi connectivity index (χ0v) is 21.5. The Kier molecular flexibility index (Phi) is 6.89. The van der Waals surface area contributed by atoms with Crippen LogP contribution in [0.3, 0.4) is 0 Å². The fraction of sp³-hybridized carbons (Fsp3) is 0.375. The van der Waals surface area contributed by atoms with Crippen LogP contribution in [0.2, 0.25) is 5.02 Å². The maximum atomic E-state index is 13.8. The Morgan fingerprint density at radius 1 is 1.28 bits per heavy atom. The molecule has 1 fully saturated rings. The number of thiazole rings is 1. The number of nitrogens with one attached hydrogen (secondary N) is 1. The molecule has 168 valence electrons. The molecule has 2 aromatic heterocycles. The third-order valence-electron chi connectivity index (χ3n) is 6.01. The van der Waals surface area contributed by atoms with Crippen LogP contribution in [0.5, 0.6) is 0 Å². The van der Waals surface area contributed by atoms with Gasteiger partial charge in [-0.2, -0.15) is 0 Å². The van der Waals surface area contributed by atoms with Gasteiger partial charge in [0, 0.05) is 28.8 Å². The van der Waals surface area contributed by atoms with E-state index in [1.54, 1.807) is 17.5 Å². The number of aromatic nitrogens is 2. The summed E-state index contributed by atoms with van der Waals surface area (Å²) in [7, 11) is 0. The van der Waals surface area contributed by atoms with Gasteiger partial charge in [-0.15, -0.1) is 11.3 Å². The summed E-state index contributed by atoms with van der Waals surface area (Å²) in [6, 6.07) is 11.5. The van der Waals surface area contributed by atoms with Crippen LogP contribution < -0.4 is 5.32 Å². The summed E-state index contributed by atoms with van der Waals surface area (Å²) in [6.45, 7) is 7.77. The van der Waals surface area contributed by atoms with Gasteiger partial charge in [0.15, 0.2) is 0 Å². The molecule has 0 bridgehead atoms. The van der Waals surface area contributed by atoms with Gasteiger partial charge in [0.1, 0.15) is 11.5 Å². The van der Waals surface area contributed by atoms with Crippen molar-refractivity contribution in [2.24, 2.45) is 5.41 Å². The summed E-state index contributed by atoms with van der Waals surface area (Å²) in [5.41, 5.74) is 1.47. The highest BCUT2D eigenvalue weighted by Gasteiger charge is 2.41. The van der Waals surface area contributed by atoms with Crippen molar-refractivity contribution in [2.45, 2.75) is 39.7 Å². The van der Waals surface area contributed by atoms with Crippen LogP contribution in [0.1, 0.15) is 42.2 Å². The first-order valence-electron chi connectivity index (χ1n) is 10.6. The number of nitrogens with zero attached hydrogens (tertiary/aromatic N) is 3. The van der Waals surface area contributed by atoms with E-state index in [0.29, 0.717) is 17.3 Å². The molecule has 3 heterocycles. The molecule has 4 rings (SSSR count). The molecule has 3 aromatic rings. The average molecular weight is 534 g/mol. The first-order chi connectivity index (χ1) is 15.2. The first kappa shape index (κ1) is 23.2. The van der Waals surface area contributed by atoms with Crippen molar-refractivity contribution in [3.8, 4) is 10.4 Å². The minimum absolute atomic E-state index is 0.0114. The van der Waals surface area contributed by atoms with Crippen molar-refractivity contribution in [3.63, 3.8) is 0 Å². The van der Waals surface area contributed by atoms with Gasteiger partial charge in [-0.05, 0) is 70.9 Å². The first-order valence-corrected chi connectivity index (χ1v) is 12.6. The van der Waals surface area contributed by atoms with Gasteiger partial charge in [-0.25, -0.2) is 9.97 Å². The van der Waals surface area contributed by atoms with E-state index in [9.17, 15) is 4.79 Å². The van der Waals surface area contributed by atoms with Gasteiger partial charge in [0.25, 0.3) is 5.91 Å². The molecular formula is C24H26BrClN4OS. The molecular weight excluding hydrogens is 508 g/mol. The molecule has 1 aliphatic heterocycles. The van der Waals surface area contributed by atoms with Crippen molar-refractivity contribution in [2.75, 3.05) is 18.4 Å². The monoisotopic (exact) mass is 532 g/mol. The molecule has 1 aliphatic rings. The molecule has 1 unspecified atom stereocenters. The number of pyridine rings is 1. The lowest BCUT2D eigenvalue weighted by Gasteiger charge is -2.46. The summed E-state index contributed by atoms with van der Waals surface area (Å²) in [4.78, 5) is 25.8. The summed E-state index contributed by atoms with van der Waals surface area (Å²) in [6.07, 6.45) is 3.82. The lowest BCUT2D eigenvalue weighted by molar-refractivity contribution is 0.0316. The lowest BCUT2D eigenvalue weighted by Crippen LogP contribution is -2.55. The Balaban J connectivity index is 1.62. The topological polar surface area (TPSA) is 58.1 Å². The van der Waals surface area contributed by atoms with E-state index in [1.807, 2.05) is 48.2 Å². The van der Waals surface area contributed by atoms with E-state index in [1.165, 1.54) is 0 Å². The largest absolute Gasteiger partial charge is 0.368 e. The van der Waals surface area contributed by atoms with Gasteiger partial charge >= 0.3 is 0 Å². The zero-order chi connectivity index (χ0) is 22.9. The van der Waals surface area contributed by atoms with Crippen LogP contribution >= 0.6 is 38.9 Å². The standard InChI is InChI=1S/C24H26BrClN4OS/c1-15-29-21(22(32-15)16-5-8-18(26)9-6-16)23(31)30-12-4-11-24(2,3)19(30)14-28-20-10-7-17(25)13-27-20/h5-10,13,19H,4,11-12,14H2,1-3H3,(H,27,28). The summed E-state index contributed by atoms with van der Waals surface area (Å²) in [5.74, 6) is 0.788. The van der Waals surface area contributed by atoms with Gasteiger partial charge < -0.3 is 10.2 Å². The smallest absolute Gasteiger partial charge is 0.274 e. The molecule has 0 spiro atoms. The minimum Gasteiger partial charge on any atom is -0.368 e. The van der Waals surface area contributed by atoms with Crippen molar-refractivity contribution in [1.29, 1.82) is 0 Å². The molecule has 1 saturated heterocycles. The molecule has 1 atom stereocenters. The highest BCUT2D eigenvalue weighted by Crippen LogP contribution is 2.38. The molecule has 32 heavy (non-hydrogen) atoms. The van der Waals surface area contributed by atoms with Crippen LogP contribution in [-0.4, -0.2) is 39.9 Å². The lowest BCUT2D eigenvalue weighted by atomic mass is 9.76. The number of benzene rings is 1. The second-order valence-electron chi connectivity index (χ2n) is 8.77. The Bertz CT molecular complexity index is 1100. The number of piperidine rings is 1. The maximum Gasteiger partial charge on any atom is 0.274 e. The van der Waals surface area contributed by atoms with Crippen LogP contribution in [-0.2, 0) is 0 Å². The number of carbonyl (C=O) groups excluding carboxylic acids is 1. The van der Waals surface area contributed by atoms with Crippen molar-refractivity contribution in [3.05, 3.63) is 62.8 Å². The van der Waals surface area contributed by atoms with Crippen LogP contribution in [0.15, 0.2) is 47.1 Å². The molecule has 1 amide bonds. The molecule has 0 aliphatic carbocycles. The Hall–Kier alpha value is -1.96. The van der Waals surface area contributed by atoms with Gasteiger partial charge in [0.05, 0.1) is 15.9 Å². The molecule has 8 heteroatoms. The van der Waals surface area contributed by atoms with E-state index < -0.39 is 0 Å². The zero-order valence-electron chi connectivity index (χ0n) is 18.4. The van der Waals surface area contributed by atoms with E-state index in [0.717, 1.165) is 45.1 Å². The number of carbonyl (C=O) groups is 1. The molecule has 5 nitrogen and oxygen atoms in total. The van der Waals surface area contributed by atoms with Crippen molar-refractivity contribution < 1.29 is 4.79 Å². The molecule has 0 radical (unpaired) electrons. The second-order valence-corrected chi connectivity index (χ2v) is 11.3. The number of likely N-dealkylation sites (tertiary alicyclic amines) is 1. The average Bonchev–Trinajstić information content (AvgIpc) is 3.15. The van der Waals surface area contributed by atoms with Crippen molar-refractivity contribution in [1.82, 2.24) is 14.9 Å². The van der Waals surface area contributed by atoms with E-state index in [2.05, 4.69) is 45.1 Å². The van der Waals surface area contributed by atoms with E-state index in [4.69, 9.17) is 11.6 Å². The normalized spacial score (nSPS) is 17.9. The Morgan fingerprint density at radius 3 is 2.72 bits per heavy atom. The fourth-order valence-electron chi connectivity index (χ4n) is 4.27. The second kappa shape index (κ2) is 9.49. The number of halogens is 2. The fourth-order valence-corrected chi connectivity index (χ4v) is 5.54. The van der Waals surface area contributed by atoms with Gasteiger partial charge in [0.2, 0.25) is 0 Å². The quantitative estimate of drug-likeness (QED) is 0.398. The number of aryl methyl sites for hydroxylation is 1. The highest BCUT2D eigenvalue weighted by atomic mass is 79.9. The number of hydrogen-bond acceptors (Lipinski definition) is 5. The summed E-state index contributed by atoms with van der Waals surface area (Å²) < 4.78 is 0.937. The summed E-state index contributed by atoms with van der Waals surface area (Å²) >= 11 is 11.0. The van der Waals surface area contributed by atoms with Crippen molar-refractivity contribution >= 4 is 50.6 Å². The number of hydrogen-bond donors (Lipinski definition) is 1. The molecule has 1 aromatic carbocycles. The summed E-state index contributed by atoms with van der Waals surface area (Å²) in [5, 5.41) is 4.99. The number of rotatable bonds is 5. The number of amides is 1. The molecule has 0 saturated carbocycles. The number of anilines is 1. The molecule has 1 N–H and O–H groups in total. The van der Waals surface area contributed by atoms with Crippen LogP contribution in [0.4, 0.5) is 5.82 Å². The highest BCUT2D eigenvalue weighted by molar-refractivity contribution is 9.10. The van der Waals surface area contributed by atoms with Crippen LogP contribution in [0, 0.1) is 12.3 Å². The minimum atomic E-state index is -0.0260. The van der Waals surface area contributed by atoms with Gasteiger partial charge in [-0.1, -0.05) is 37.6 Å². The maximum absolute atomic E-state index is 13.8. The van der Waals surface area contributed by atoms with E-state index >= 15 is 0 Å². The van der Waals surface area contributed by atoms with E-state index in [-0.39, 0.29) is 17.4 Å². The van der Waals surface area contributed by atoms with Gasteiger partial charge in [-0.3, -0.25) is 4.79 Å². The van der Waals surface area contributed by atoms with Crippen LogP contribution in [0.25, 0.3) is 10.4 Å². The predicted octanol–water partition coefficient (Wildman–Crippen LogP) is 6.67.